The number of hydrogen-bond donors (Lipinski definition) is 2. The minimum atomic E-state index is -0.736. The van der Waals surface area contributed by atoms with Crippen molar-refractivity contribution in [1.29, 1.82) is 0 Å². The molecule has 1 heterocycles. The third-order valence-electron chi connectivity index (χ3n) is 5.38. The van der Waals surface area contributed by atoms with E-state index in [4.69, 9.17) is 23.2 Å². The number of rotatable bonds is 8. The van der Waals surface area contributed by atoms with Crippen LogP contribution in [0.15, 0.2) is 72.8 Å². The van der Waals surface area contributed by atoms with E-state index in [1.165, 1.54) is 24.3 Å². The fourth-order valence-corrected chi connectivity index (χ4v) is 4.17. The Morgan fingerprint density at radius 2 is 1.51 bits per heavy atom. The van der Waals surface area contributed by atoms with E-state index >= 15 is 0 Å². The highest BCUT2D eigenvalue weighted by molar-refractivity contribution is 6.18. The summed E-state index contributed by atoms with van der Waals surface area (Å²) < 4.78 is 28.8. The van der Waals surface area contributed by atoms with E-state index in [0.717, 1.165) is 5.69 Å². The number of fused-ring (bicyclic) bond motifs is 1. The Labute approximate surface area is 211 Å². The predicted octanol–water partition coefficient (Wildman–Crippen LogP) is 7.11. The number of carbonyl (C=O) groups excluding carboxylic acids is 1. The quantitative estimate of drug-likeness (QED) is 0.246. The van der Waals surface area contributed by atoms with E-state index in [2.05, 4.69) is 20.5 Å². The number of anilines is 3. The summed E-state index contributed by atoms with van der Waals surface area (Å²) in [6, 6.07) is 18.9. The maximum atomic E-state index is 14.4. The molecular weight excluding hydrogens is 493 g/mol. The monoisotopic (exact) mass is 514 g/mol. The fourth-order valence-electron chi connectivity index (χ4n) is 3.76. The molecule has 0 saturated carbocycles. The number of hydrogen-bond acceptors (Lipinski definition) is 3. The van der Waals surface area contributed by atoms with Crippen LogP contribution in [0.3, 0.4) is 0 Å². The van der Waals surface area contributed by atoms with E-state index in [1.807, 2.05) is 12.1 Å². The van der Waals surface area contributed by atoms with E-state index in [0.29, 0.717) is 47.1 Å². The largest absolute Gasteiger partial charge is 0.369 e. The van der Waals surface area contributed by atoms with Crippen LogP contribution in [0.5, 0.6) is 0 Å². The maximum Gasteiger partial charge on any atom is 0.323 e. The van der Waals surface area contributed by atoms with Crippen LogP contribution < -0.4 is 15.5 Å². The smallest absolute Gasteiger partial charge is 0.323 e. The molecule has 0 fully saturated rings. The first-order chi connectivity index (χ1) is 17.0. The molecule has 180 valence electrons. The number of alkyl halides is 2. The van der Waals surface area contributed by atoms with Gasteiger partial charge in [-0.15, -0.1) is 23.2 Å². The number of carbonyl (C=O) groups is 1. The van der Waals surface area contributed by atoms with Gasteiger partial charge in [-0.25, -0.2) is 18.6 Å². The average molecular weight is 515 g/mol. The van der Waals surface area contributed by atoms with Gasteiger partial charge in [-0.1, -0.05) is 24.3 Å². The summed E-state index contributed by atoms with van der Waals surface area (Å²) in [5, 5.41) is 6.19. The SMILES string of the molecule is O=C(Nc1ccc(N(CCCl)CCCl)cc1)Nc1cc(-c2c(F)cccc2F)nc2ccccc12. The summed E-state index contributed by atoms with van der Waals surface area (Å²) in [6.45, 7) is 1.31. The lowest BCUT2D eigenvalue weighted by Gasteiger charge is -2.23. The van der Waals surface area contributed by atoms with Crippen LogP contribution in [-0.4, -0.2) is 35.9 Å². The Morgan fingerprint density at radius 3 is 2.17 bits per heavy atom. The molecule has 5 nitrogen and oxygen atoms in total. The number of amides is 2. The third kappa shape index (κ3) is 5.81. The van der Waals surface area contributed by atoms with Crippen LogP contribution in [0, 0.1) is 11.6 Å². The summed E-state index contributed by atoms with van der Waals surface area (Å²) in [7, 11) is 0. The van der Waals surface area contributed by atoms with Crippen LogP contribution >= 0.6 is 23.2 Å². The zero-order valence-corrected chi connectivity index (χ0v) is 20.1. The van der Waals surface area contributed by atoms with Gasteiger partial charge in [-0.2, -0.15) is 0 Å². The lowest BCUT2D eigenvalue weighted by Crippen LogP contribution is -2.27. The zero-order valence-electron chi connectivity index (χ0n) is 18.6. The van der Waals surface area contributed by atoms with E-state index in [-0.39, 0.29) is 11.3 Å². The van der Waals surface area contributed by atoms with Gasteiger partial charge in [0, 0.05) is 41.6 Å². The van der Waals surface area contributed by atoms with E-state index in [9.17, 15) is 13.6 Å². The summed E-state index contributed by atoms with van der Waals surface area (Å²) in [5.41, 5.74) is 2.20. The van der Waals surface area contributed by atoms with Gasteiger partial charge in [0.05, 0.1) is 22.5 Å². The average Bonchev–Trinajstić information content (AvgIpc) is 2.84. The van der Waals surface area contributed by atoms with Crippen molar-refractivity contribution in [2.24, 2.45) is 0 Å². The zero-order chi connectivity index (χ0) is 24.8. The number of nitrogens with one attached hydrogen (secondary N) is 2. The first kappa shape index (κ1) is 24.7. The Balaban J connectivity index is 1.58. The number of urea groups is 1. The topological polar surface area (TPSA) is 57.3 Å². The molecule has 0 bridgehead atoms. The van der Waals surface area contributed by atoms with Gasteiger partial charge in [0.2, 0.25) is 0 Å². The molecule has 0 aliphatic carbocycles. The second-order valence-electron chi connectivity index (χ2n) is 7.66. The van der Waals surface area contributed by atoms with E-state index < -0.39 is 17.7 Å². The van der Waals surface area contributed by atoms with Crippen molar-refractivity contribution in [3.05, 3.63) is 84.4 Å². The Kier molecular flexibility index (Phi) is 8.00. The van der Waals surface area contributed by atoms with Crippen molar-refractivity contribution in [2.45, 2.75) is 0 Å². The summed E-state index contributed by atoms with van der Waals surface area (Å²) in [4.78, 5) is 19.2. The Bertz CT molecular complexity index is 1310. The first-order valence-electron chi connectivity index (χ1n) is 10.9. The minimum Gasteiger partial charge on any atom is -0.369 e. The molecule has 3 aromatic carbocycles. The number of pyridine rings is 1. The molecule has 0 radical (unpaired) electrons. The molecule has 0 saturated heterocycles. The molecule has 35 heavy (non-hydrogen) atoms. The number of aromatic nitrogens is 1. The molecular formula is C26H22Cl2F2N4O. The van der Waals surface area contributed by atoms with Crippen molar-refractivity contribution in [3.8, 4) is 11.3 Å². The summed E-state index contributed by atoms with van der Waals surface area (Å²) in [6.07, 6.45) is 0. The van der Waals surface area contributed by atoms with Crippen LogP contribution in [0.25, 0.3) is 22.2 Å². The molecule has 0 aliphatic rings. The summed E-state index contributed by atoms with van der Waals surface area (Å²) in [5.74, 6) is -0.531. The lowest BCUT2D eigenvalue weighted by atomic mass is 10.1. The number of nitrogens with zero attached hydrogens (tertiary/aromatic N) is 2. The Hall–Kier alpha value is -3.42. The molecule has 0 atom stereocenters. The molecule has 4 aromatic rings. The standard InChI is InChI=1S/C26H22Cl2F2N4O/c27-12-14-34(15-13-28)18-10-8-17(9-11-18)31-26(35)33-23-16-24(25-20(29)5-3-6-21(25)30)32-22-7-2-1-4-19(22)23/h1-11,16H,12-15H2,(H2,31,32,33,35). The number of para-hydroxylation sites is 1. The highest BCUT2D eigenvalue weighted by Gasteiger charge is 2.16. The highest BCUT2D eigenvalue weighted by Crippen LogP contribution is 2.31. The number of halogens is 4. The third-order valence-corrected chi connectivity index (χ3v) is 5.72. The van der Waals surface area contributed by atoms with Crippen LogP contribution in [0.2, 0.25) is 0 Å². The summed E-state index contributed by atoms with van der Waals surface area (Å²) >= 11 is 11.7. The van der Waals surface area contributed by atoms with Gasteiger partial charge in [0.15, 0.2) is 0 Å². The first-order valence-corrected chi connectivity index (χ1v) is 12.0. The Morgan fingerprint density at radius 1 is 0.857 bits per heavy atom. The van der Waals surface area contributed by atoms with Crippen molar-refractivity contribution in [2.75, 3.05) is 40.4 Å². The molecule has 0 unspecified atom stereocenters. The normalized spacial score (nSPS) is 10.9. The molecule has 2 N–H and O–H groups in total. The molecule has 4 rings (SSSR count). The maximum absolute atomic E-state index is 14.4. The van der Waals surface area contributed by atoms with Gasteiger partial charge in [-0.05, 0) is 48.5 Å². The second kappa shape index (κ2) is 11.3. The van der Waals surface area contributed by atoms with Gasteiger partial charge in [0.25, 0.3) is 0 Å². The van der Waals surface area contributed by atoms with Gasteiger partial charge in [0.1, 0.15) is 11.6 Å². The van der Waals surface area contributed by atoms with Gasteiger partial charge < -0.3 is 15.5 Å². The van der Waals surface area contributed by atoms with Crippen LogP contribution in [0.1, 0.15) is 0 Å². The molecule has 9 heteroatoms. The highest BCUT2D eigenvalue weighted by atomic mass is 35.5. The molecule has 0 spiro atoms. The molecule has 0 aliphatic heterocycles. The van der Waals surface area contributed by atoms with Crippen LogP contribution in [0.4, 0.5) is 30.6 Å². The molecule has 2 amide bonds. The number of benzene rings is 3. The molecule has 1 aromatic heterocycles. The van der Waals surface area contributed by atoms with Crippen molar-refractivity contribution < 1.29 is 13.6 Å². The minimum absolute atomic E-state index is 0.0811. The van der Waals surface area contributed by atoms with Crippen LogP contribution in [-0.2, 0) is 0 Å². The predicted molar refractivity (Wildman–Crippen MR) is 140 cm³/mol. The van der Waals surface area contributed by atoms with Crippen molar-refractivity contribution in [1.82, 2.24) is 4.98 Å². The van der Waals surface area contributed by atoms with Gasteiger partial charge in [-0.3, -0.25) is 0 Å². The fraction of sp³-hybridized carbons (Fsp3) is 0.154. The van der Waals surface area contributed by atoms with E-state index in [1.54, 1.807) is 36.4 Å². The van der Waals surface area contributed by atoms with Crippen molar-refractivity contribution in [3.63, 3.8) is 0 Å². The lowest BCUT2D eigenvalue weighted by molar-refractivity contribution is 0.262. The van der Waals surface area contributed by atoms with Gasteiger partial charge >= 0.3 is 6.03 Å². The second-order valence-corrected chi connectivity index (χ2v) is 8.42. The van der Waals surface area contributed by atoms with Crippen molar-refractivity contribution >= 4 is 57.2 Å².